The topological polar surface area (TPSA) is 21.3 Å². The third-order valence-corrected chi connectivity index (χ3v) is 3.52. The highest BCUT2D eigenvalue weighted by Crippen LogP contribution is 2.33. The maximum atomic E-state index is 6.17. The summed E-state index contributed by atoms with van der Waals surface area (Å²) in [5.41, 5.74) is 2.16. The van der Waals surface area contributed by atoms with Gasteiger partial charge in [0.05, 0.1) is 10.1 Å². The van der Waals surface area contributed by atoms with E-state index >= 15 is 0 Å². The summed E-state index contributed by atoms with van der Waals surface area (Å²) < 4.78 is 5.62. The molecule has 0 heterocycles. The minimum Gasteiger partial charge on any atom is -0.486 e. The fourth-order valence-corrected chi connectivity index (χ4v) is 2.28. The minimum absolute atomic E-state index is 0.170. The highest BCUT2D eigenvalue weighted by atomic mass is 35.5. The summed E-state index contributed by atoms with van der Waals surface area (Å²) in [6.45, 7) is 5.96. The third kappa shape index (κ3) is 6.11. The molecule has 6 heteroatoms. The summed E-state index contributed by atoms with van der Waals surface area (Å²) in [6, 6.07) is 3.47. The van der Waals surface area contributed by atoms with Crippen molar-refractivity contribution in [1.29, 1.82) is 0 Å². The fraction of sp³-hybridized carbons (Fsp3) is 0.429. The highest BCUT2D eigenvalue weighted by molar-refractivity contribution is 6.37. The Morgan fingerprint density at radius 3 is 2.65 bits per heavy atom. The van der Waals surface area contributed by atoms with Crippen LogP contribution in [0.1, 0.15) is 19.4 Å². The first-order valence-corrected chi connectivity index (χ1v) is 7.77. The van der Waals surface area contributed by atoms with E-state index in [0.717, 1.165) is 12.1 Å². The van der Waals surface area contributed by atoms with Gasteiger partial charge in [0, 0.05) is 22.7 Å². The maximum absolute atomic E-state index is 6.17. The van der Waals surface area contributed by atoms with Gasteiger partial charge in [0.25, 0.3) is 0 Å². The summed E-state index contributed by atoms with van der Waals surface area (Å²) in [5.74, 6) is 1.13. The Labute approximate surface area is 140 Å². The van der Waals surface area contributed by atoms with Gasteiger partial charge in [-0.2, -0.15) is 0 Å². The van der Waals surface area contributed by atoms with Crippen molar-refractivity contribution in [2.24, 2.45) is 5.92 Å². The van der Waals surface area contributed by atoms with E-state index in [1.165, 1.54) is 5.54 Å². The molecule has 112 valence electrons. The van der Waals surface area contributed by atoms with Gasteiger partial charge in [0.2, 0.25) is 0 Å². The van der Waals surface area contributed by atoms with Crippen LogP contribution in [0.3, 0.4) is 0 Å². The number of hydrogen-bond donors (Lipinski definition) is 1. The second kappa shape index (κ2) is 9.01. The van der Waals surface area contributed by atoms with E-state index in [2.05, 4.69) is 19.2 Å². The number of ether oxygens (including phenoxy) is 1. The van der Waals surface area contributed by atoms with Crippen molar-refractivity contribution in [3.05, 3.63) is 38.3 Å². The Morgan fingerprint density at radius 1 is 1.35 bits per heavy atom. The Hall–Kier alpha value is -0.120. The van der Waals surface area contributed by atoms with Crippen molar-refractivity contribution >= 4 is 46.4 Å². The largest absolute Gasteiger partial charge is 0.486 e. The van der Waals surface area contributed by atoms with Gasteiger partial charge in [0.15, 0.2) is 0 Å². The zero-order valence-corrected chi connectivity index (χ0v) is 14.4. The van der Waals surface area contributed by atoms with Gasteiger partial charge in [-0.3, -0.25) is 0 Å². The molecule has 0 aliphatic carbocycles. The van der Waals surface area contributed by atoms with Gasteiger partial charge in [-0.25, -0.2) is 0 Å². The first kappa shape index (κ1) is 17.9. The molecule has 0 saturated heterocycles. The number of nitrogens with one attached hydrogen (secondary N) is 1. The first-order chi connectivity index (χ1) is 9.43. The maximum Gasteiger partial charge on any atom is 0.143 e. The Bertz CT molecular complexity index is 474. The molecule has 1 aromatic carbocycles. The molecule has 0 aliphatic heterocycles. The predicted molar refractivity (Wildman–Crippen MR) is 88.3 cm³/mol. The molecule has 0 aromatic heterocycles. The summed E-state index contributed by atoms with van der Waals surface area (Å²) in [5, 5.41) is 4.76. The average molecular weight is 357 g/mol. The van der Waals surface area contributed by atoms with Gasteiger partial charge in [-0.05, 0) is 24.6 Å². The van der Waals surface area contributed by atoms with Crippen molar-refractivity contribution in [2.45, 2.75) is 20.4 Å². The van der Waals surface area contributed by atoms with Crippen LogP contribution in [0.2, 0.25) is 10.0 Å². The van der Waals surface area contributed by atoms with E-state index in [1.54, 1.807) is 6.07 Å². The lowest BCUT2D eigenvalue weighted by atomic mass is 10.1. The van der Waals surface area contributed by atoms with E-state index in [-0.39, 0.29) is 6.61 Å². The van der Waals surface area contributed by atoms with Crippen molar-refractivity contribution in [2.75, 3.05) is 13.2 Å². The fourth-order valence-electron chi connectivity index (χ4n) is 1.57. The molecule has 0 unspecified atom stereocenters. The monoisotopic (exact) mass is 355 g/mol. The lowest BCUT2D eigenvalue weighted by Crippen LogP contribution is -2.19. The van der Waals surface area contributed by atoms with Gasteiger partial charge < -0.3 is 10.1 Å². The molecule has 0 fully saturated rings. The summed E-state index contributed by atoms with van der Waals surface area (Å²) in [6.07, 6.45) is 0. The third-order valence-electron chi connectivity index (χ3n) is 2.43. The molecule has 1 N–H and O–H groups in total. The van der Waals surface area contributed by atoms with Crippen molar-refractivity contribution in [3.63, 3.8) is 0 Å². The second-order valence-electron chi connectivity index (χ2n) is 4.75. The molecule has 1 aromatic rings. The van der Waals surface area contributed by atoms with Gasteiger partial charge in [-0.1, -0.05) is 60.3 Å². The van der Waals surface area contributed by atoms with Crippen LogP contribution in [0.5, 0.6) is 5.75 Å². The highest BCUT2D eigenvalue weighted by Gasteiger charge is 2.11. The molecule has 0 bridgehead atoms. The van der Waals surface area contributed by atoms with Crippen LogP contribution >= 0.6 is 46.4 Å². The standard InChI is InChI=1S/C14H17Cl4NO/c1-9(2)6-19-7-10-3-11(16)4-13(18)14(10)20-8-12(17)5-15/h3-5,9,19H,6-8H2,1-2H3. The predicted octanol–water partition coefficient (Wildman–Crippen LogP) is 5.44. The van der Waals surface area contributed by atoms with Crippen LogP contribution in [0.4, 0.5) is 0 Å². The van der Waals surface area contributed by atoms with E-state index < -0.39 is 0 Å². The number of rotatable bonds is 7. The number of hydrogen-bond acceptors (Lipinski definition) is 2. The molecular weight excluding hydrogens is 340 g/mol. The van der Waals surface area contributed by atoms with Crippen molar-refractivity contribution in [3.8, 4) is 5.75 Å². The van der Waals surface area contributed by atoms with Crippen LogP contribution in [-0.2, 0) is 6.54 Å². The molecule has 0 saturated carbocycles. The number of benzene rings is 1. The lowest BCUT2D eigenvalue weighted by Gasteiger charge is -2.15. The van der Waals surface area contributed by atoms with E-state index in [0.29, 0.717) is 33.3 Å². The SMILES string of the molecule is CC(C)CNCc1cc(Cl)cc(Cl)c1OCC(Cl)=CCl. The smallest absolute Gasteiger partial charge is 0.143 e. The number of halogens is 4. The van der Waals surface area contributed by atoms with Crippen LogP contribution in [0.25, 0.3) is 0 Å². The Kier molecular flexibility index (Phi) is 8.08. The molecule has 2 nitrogen and oxygen atoms in total. The van der Waals surface area contributed by atoms with Crippen LogP contribution < -0.4 is 10.1 Å². The minimum atomic E-state index is 0.170. The van der Waals surface area contributed by atoms with E-state index in [1.807, 2.05) is 6.07 Å². The molecule has 0 atom stereocenters. The molecule has 0 aliphatic rings. The van der Waals surface area contributed by atoms with Crippen LogP contribution in [0, 0.1) is 5.92 Å². The normalized spacial score (nSPS) is 12.1. The van der Waals surface area contributed by atoms with Crippen molar-refractivity contribution in [1.82, 2.24) is 5.32 Å². The first-order valence-electron chi connectivity index (χ1n) is 6.20. The molecule has 0 radical (unpaired) electrons. The quantitative estimate of drug-likeness (QED) is 0.702. The zero-order chi connectivity index (χ0) is 15.1. The lowest BCUT2D eigenvalue weighted by molar-refractivity contribution is 0.354. The van der Waals surface area contributed by atoms with E-state index in [4.69, 9.17) is 51.1 Å². The molecule has 20 heavy (non-hydrogen) atoms. The molecule has 0 spiro atoms. The second-order valence-corrected chi connectivity index (χ2v) is 6.29. The summed E-state index contributed by atoms with van der Waals surface area (Å²) >= 11 is 23.5. The van der Waals surface area contributed by atoms with Gasteiger partial charge >= 0.3 is 0 Å². The van der Waals surface area contributed by atoms with Gasteiger partial charge in [-0.15, -0.1) is 0 Å². The van der Waals surface area contributed by atoms with Crippen LogP contribution in [-0.4, -0.2) is 13.2 Å². The zero-order valence-electron chi connectivity index (χ0n) is 11.4. The summed E-state index contributed by atoms with van der Waals surface area (Å²) in [4.78, 5) is 0. The van der Waals surface area contributed by atoms with Crippen molar-refractivity contribution < 1.29 is 4.74 Å². The molecule has 1 rings (SSSR count). The van der Waals surface area contributed by atoms with Crippen LogP contribution in [0.15, 0.2) is 22.7 Å². The summed E-state index contributed by atoms with van der Waals surface area (Å²) in [7, 11) is 0. The average Bonchev–Trinajstić information content (AvgIpc) is 2.36. The van der Waals surface area contributed by atoms with Gasteiger partial charge in [0.1, 0.15) is 12.4 Å². The molecular formula is C14H17Cl4NO. The van der Waals surface area contributed by atoms with E-state index in [9.17, 15) is 0 Å². The Balaban J connectivity index is 2.84. The molecule has 0 amide bonds. The Morgan fingerprint density at radius 2 is 2.05 bits per heavy atom.